The Kier molecular flexibility index (Phi) is 8.66. The van der Waals surface area contributed by atoms with Gasteiger partial charge in [0, 0.05) is 19.1 Å². The van der Waals surface area contributed by atoms with E-state index in [1.54, 1.807) is 11.3 Å². The van der Waals surface area contributed by atoms with E-state index in [9.17, 15) is 4.79 Å². The number of nitrogens with zero attached hydrogens (tertiary/aromatic N) is 2. The predicted molar refractivity (Wildman–Crippen MR) is 88.5 cm³/mol. The van der Waals surface area contributed by atoms with Crippen LogP contribution in [0.15, 0.2) is 0 Å². The number of aromatic nitrogens is 1. The lowest BCUT2D eigenvalue weighted by atomic mass is 10.2. The van der Waals surface area contributed by atoms with Crippen molar-refractivity contribution >= 4 is 42.1 Å². The molecule has 7 heteroatoms. The fourth-order valence-electron chi connectivity index (χ4n) is 2.45. The van der Waals surface area contributed by atoms with Gasteiger partial charge in [0.2, 0.25) is 0 Å². The zero-order valence-corrected chi connectivity index (χ0v) is 14.4. The van der Waals surface area contributed by atoms with Crippen LogP contribution in [0.4, 0.5) is 0 Å². The summed E-state index contributed by atoms with van der Waals surface area (Å²) >= 11 is 1.55. The Morgan fingerprint density at radius 3 is 2.80 bits per heavy atom. The summed E-state index contributed by atoms with van der Waals surface area (Å²) in [5.74, 6) is 0.125. The van der Waals surface area contributed by atoms with Gasteiger partial charge in [0.15, 0.2) is 0 Å². The minimum absolute atomic E-state index is 0. The van der Waals surface area contributed by atoms with E-state index in [0.29, 0.717) is 6.54 Å². The smallest absolute Gasteiger partial charge is 0.266 e. The molecular weight excluding hydrogens is 317 g/mol. The van der Waals surface area contributed by atoms with Crippen molar-refractivity contribution in [3.63, 3.8) is 0 Å². The number of halogens is 2. The van der Waals surface area contributed by atoms with E-state index in [1.807, 2.05) is 11.8 Å². The summed E-state index contributed by atoms with van der Waals surface area (Å²) in [6, 6.07) is 0.216. The van der Waals surface area contributed by atoms with Crippen LogP contribution in [0, 0.1) is 6.92 Å². The first-order valence-electron chi connectivity index (χ1n) is 6.64. The third-order valence-corrected chi connectivity index (χ3v) is 4.61. The fourth-order valence-corrected chi connectivity index (χ4v) is 3.57. The molecular formula is C13H23Cl2N3OS. The molecule has 1 unspecified atom stereocenters. The van der Waals surface area contributed by atoms with Crippen molar-refractivity contribution in [2.24, 2.45) is 5.73 Å². The number of rotatable bonds is 4. The number of carbonyl (C=O) groups is 1. The molecule has 1 aromatic rings. The van der Waals surface area contributed by atoms with Gasteiger partial charge in [-0.15, -0.1) is 36.2 Å². The molecule has 1 aromatic heterocycles. The van der Waals surface area contributed by atoms with Gasteiger partial charge in [0.25, 0.3) is 5.91 Å². The molecule has 1 fully saturated rings. The van der Waals surface area contributed by atoms with Gasteiger partial charge in [0.05, 0.1) is 10.7 Å². The zero-order valence-electron chi connectivity index (χ0n) is 11.9. The normalized spacial score (nSPS) is 17.6. The lowest BCUT2D eigenvalue weighted by Gasteiger charge is -2.22. The molecule has 2 rings (SSSR count). The van der Waals surface area contributed by atoms with Gasteiger partial charge >= 0.3 is 0 Å². The molecule has 2 heterocycles. The van der Waals surface area contributed by atoms with Crippen molar-refractivity contribution in [2.45, 2.75) is 45.6 Å². The van der Waals surface area contributed by atoms with Crippen molar-refractivity contribution in [2.75, 3.05) is 13.1 Å². The topological polar surface area (TPSA) is 59.2 Å². The molecule has 20 heavy (non-hydrogen) atoms. The number of likely N-dealkylation sites (tertiary alicyclic amines) is 1. The molecule has 0 radical (unpaired) electrons. The van der Waals surface area contributed by atoms with Crippen molar-refractivity contribution in [1.29, 1.82) is 0 Å². The molecule has 0 saturated carbocycles. The molecule has 0 spiro atoms. The van der Waals surface area contributed by atoms with Gasteiger partial charge in [-0.05, 0) is 32.6 Å². The highest BCUT2D eigenvalue weighted by molar-refractivity contribution is 7.13. The van der Waals surface area contributed by atoms with Crippen molar-refractivity contribution < 1.29 is 4.79 Å². The molecule has 4 nitrogen and oxygen atoms in total. The lowest BCUT2D eigenvalue weighted by Crippen LogP contribution is -2.39. The van der Waals surface area contributed by atoms with Crippen molar-refractivity contribution in [3.8, 4) is 0 Å². The van der Waals surface area contributed by atoms with Crippen LogP contribution in [0.1, 0.15) is 46.6 Å². The van der Waals surface area contributed by atoms with Gasteiger partial charge in [0.1, 0.15) is 4.88 Å². The maximum atomic E-state index is 12.5. The second kappa shape index (κ2) is 8.82. The third-order valence-electron chi connectivity index (χ3n) is 3.41. The van der Waals surface area contributed by atoms with Crippen molar-refractivity contribution in [3.05, 3.63) is 15.6 Å². The highest BCUT2D eigenvalue weighted by atomic mass is 35.5. The number of aryl methyl sites for hydroxylation is 2. The van der Waals surface area contributed by atoms with E-state index in [2.05, 4.69) is 11.9 Å². The first kappa shape index (κ1) is 19.6. The Bertz CT molecular complexity index is 439. The number of carbonyl (C=O) groups excluding carboxylic acids is 1. The van der Waals surface area contributed by atoms with Crippen LogP contribution in [-0.2, 0) is 6.42 Å². The maximum absolute atomic E-state index is 12.5. The number of hydrogen-bond acceptors (Lipinski definition) is 4. The SMILES string of the molecule is CCCc1nc(C)c(C(=O)N2CCCC2CN)s1.Cl.Cl. The highest BCUT2D eigenvalue weighted by Gasteiger charge is 2.30. The molecule has 0 aromatic carbocycles. The quantitative estimate of drug-likeness (QED) is 0.917. The molecule has 2 N–H and O–H groups in total. The van der Waals surface area contributed by atoms with Gasteiger partial charge < -0.3 is 10.6 Å². The summed E-state index contributed by atoms with van der Waals surface area (Å²) in [7, 11) is 0. The van der Waals surface area contributed by atoms with E-state index in [-0.39, 0.29) is 36.8 Å². The molecule has 0 aliphatic carbocycles. The molecule has 116 valence electrons. The largest absolute Gasteiger partial charge is 0.334 e. The maximum Gasteiger partial charge on any atom is 0.266 e. The first-order chi connectivity index (χ1) is 8.67. The first-order valence-corrected chi connectivity index (χ1v) is 7.46. The standard InChI is InChI=1S/C13H21N3OS.2ClH/c1-3-5-11-15-9(2)12(18-11)13(17)16-7-4-6-10(16)8-14;;/h10H,3-8,14H2,1-2H3;2*1H. The van der Waals surface area contributed by atoms with E-state index in [0.717, 1.165) is 47.8 Å². The van der Waals surface area contributed by atoms with E-state index < -0.39 is 0 Å². The second-order valence-electron chi connectivity index (χ2n) is 4.80. The van der Waals surface area contributed by atoms with Crippen LogP contribution in [-0.4, -0.2) is 34.9 Å². The zero-order chi connectivity index (χ0) is 13.1. The van der Waals surface area contributed by atoms with Crippen LogP contribution >= 0.6 is 36.2 Å². The van der Waals surface area contributed by atoms with Gasteiger partial charge in [-0.25, -0.2) is 4.98 Å². The number of nitrogens with two attached hydrogens (primary N) is 1. The summed E-state index contributed by atoms with van der Waals surface area (Å²) < 4.78 is 0. The second-order valence-corrected chi connectivity index (χ2v) is 5.89. The number of hydrogen-bond donors (Lipinski definition) is 1. The highest BCUT2D eigenvalue weighted by Crippen LogP contribution is 2.25. The van der Waals surface area contributed by atoms with Gasteiger partial charge in [-0.1, -0.05) is 6.92 Å². The molecule has 1 saturated heterocycles. The van der Waals surface area contributed by atoms with Gasteiger partial charge in [-0.3, -0.25) is 4.79 Å². The average molecular weight is 340 g/mol. The molecule has 1 atom stereocenters. The lowest BCUT2D eigenvalue weighted by molar-refractivity contribution is 0.0745. The molecule has 1 aliphatic heterocycles. The molecule has 0 bridgehead atoms. The van der Waals surface area contributed by atoms with E-state index in [4.69, 9.17) is 5.73 Å². The van der Waals surface area contributed by atoms with Crippen LogP contribution in [0.3, 0.4) is 0 Å². The Morgan fingerprint density at radius 2 is 2.20 bits per heavy atom. The summed E-state index contributed by atoms with van der Waals surface area (Å²) in [5, 5.41) is 1.07. The van der Waals surface area contributed by atoms with Gasteiger partial charge in [-0.2, -0.15) is 0 Å². The molecule has 1 aliphatic rings. The predicted octanol–water partition coefficient (Wildman–Crippen LogP) is 2.81. The summed E-state index contributed by atoms with van der Waals surface area (Å²) in [4.78, 5) is 19.7. The number of thiazole rings is 1. The Hall–Kier alpha value is -0.360. The Labute approximate surface area is 137 Å². The van der Waals surface area contributed by atoms with Crippen LogP contribution < -0.4 is 5.73 Å². The van der Waals surface area contributed by atoms with Crippen LogP contribution in [0.5, 0.6) is 0 Å². The minimum atomic E-state index is 0. The summed E-state index contributed by atoms with van der Waals surface area (Å²) in [5.41, 5.74) is 6.60. The minimum Gasteiger partial charge on any atom is -0.334 e. The fraction of sp³-hybridized carbons (Fsp3) is 0.692. The summed E-state index contributed by atoms with van der Waals surface area (Å²) in [6.45, 7) is 5.45. The van der Waals surface area contributed by atoms with Crippen molar-refractivity contribution in [1.82, 2.24) is 9.88 Å². The van der Waals surface area contributed by atoms with Crippen LogP contribution in [0.25, 0.3) is 0 Å². The number of amides is 1. The summed E-state index contributed by atoms with van der Waals surface area (Å²) in [6.07, 6.45) is 4.12. The average Bonchev–Trinajstić information content (AvgIpc) is 2.95. The van der Waals surface area contributed by atoms with Crippen LogP contribution in [0.2, 0.25) is 0 Å². The monoisotopic (exact) mass is 339 g/mol. The molecule has 1 amide bonds. The van der Waals surface area contributed by atoms with E-state index in [1.165, 1.54) is 0 Å². The Balaban J connectivity index is 0.00000180. The Morgan fingerprint density at radius 1 is 1.50 bits per heavy atom. The van der Waals surface area contributed by atoms with E-state index >= 15 is 0 Å². The third kappa shape index (κ3) is 4.07.